The molecule has 4 aliphatic rings. The lowest BCUT2D eigenvalue weighted by molar-refractivity contribution is 0.590. The van der Waals surface area contributed by atoms with Gasteiger partial charge in [-0.3, -0.25) is 0 Å². The maximum absolute atomic E-state index is 2.67. The van der Waals surface area contributed by atoms with Crippen molar-refractivity contribution in [2.24, 2.45) is 0 Å². The fourth-order valence-electron chi connectivity index (χ4n) is 22.5. The number of hydrogen-bond donors (Lipinski definition) is 0. The van der Waals surface area contributed by atoms with E-state index in [9.17, 15) is 0 Å². The number of anilines is 15. The zero-order valence-corrected chi connectivity index (χ0v) is 83.9. The van der Waals surface area contributed by atoms with Crippen LogP contribution in [0.5, 0.6) is 0 Å². The first-order valence-corrected chi connectivity index (χ1v) is 50.1. The number of aromatic nitrogens is 1. The fraction of sp³-hybridized carbons (Fsp3) is 0.182. The van der Waals surface area contributed by atoms with Crippen LogP contribution in [0.1, 0.15) is 158 Å². The predicted molar refractivity (Wildman–Crippen MR) is 603 cm³/mol. The van der Waals surface area contributed by atoms with E-state index in [1.54, 1.807) is 0 Å². The molecule has 0 aliphatic carbocycles. The van der Waals surface area contributed by atoms with Gasteiger partial charge >= 0.3 is 0 Å². The van der Waals surface area contributed by atoms with E-state index in [2.05, 4.69) is 554 Å². The molecule has 19 aromatic rings. The monoisotopic (exact) mass is 1810 g/mol. The van der Waals surface area contributed by atoms with Crippen LogP contribution in [0.25, 0.3) is 83.1 Å². The number of nitrogens with zero attached hydrogens (tertiary/aromatic N) is 6. The molecule has 684 valence electrons. The third-order valence-corrected chi connectivity index (χ3v) is 30.1. The molecule has 140 heavy (non-hydrogen) atoms. The Morgan fingerprint density at radius 1 is 0.186 bits per heavy atom. The van der Waals surface area contributed by atoms with Crippen molar-refractivity contribution in [3.63, 3.8) is 0 Å². The zero-order valence-electron chi connectivity index (χ0n) is 83.9. The first-order chi connectivity index (χ1) is 67.3. The topological polar surface area (TPSA) is 21.1 Å². The Morgan fingerprint density at radius 2 is 0.486 bits per heavy atom. The van der Waals surface area contributed by atoms with Crippen molar-refractivity contribution in [3.05, 3.63) is 434 Å². The highest BCUT2D eigenvalue weighted by Gasteiger charge is 2.49. The molecule has 0 N–H and O–H groups in total. The zero-order chi connectivity index (χ0) is 96.5. The van der Waals surface area contributed by atoms with Gasteiger partial charge in [-0.05, 0) is 265 Å². The minimum Gasteiger partial charge on any atom is -0.311 e. The maximum Gasteiger partial charge on any atom is 0.252 e. The normalized spacial score (nSPS) is 13.4. The standard InChI is InChI=1S/C132H120B2N6/c1-127(2,3)91-61-70-113(103(75-91)88-44-28-21-29-45-88)137-117-55-39-36-52-107(117)134-110-74-90(58-69-118(110)138(114-71-62-92(128(4,5)6)76-104(114)89-46-30-22-31-47-89)122-84-100(83-121(137)126(122)134)136-115-72-63-93(129(7,8)9)77-105(115)106-78-94(130(10,11)12)64-73-116(106)136)85-56-65-98(66-57-85)135(97-48-32-23-33-49-97)99-81-123-125-124(82-99)140(112-54-38-35-51-102(112)87-42-26-20-27-43-87)120-80-96(132(16,17)18)60-68-109(120)133(125)108-67-59-95(131(13,14)15)79-119(108)139(123)111-53-37-34-50-101(111)86-40-24-19-25-41-86/h19-84H,1-18H3. The molecule has 0 radical (unpaired) electrons. The molecule has 6 nitrogen and oxygen atoms in total. The molecule has 0 saturated carbocycles. The molecule has 1 aromatic heterocycles. The molecule has 0 spiro atoms. The molecule has 8 heteroatoms. The van der Waals surface area contributed by atoms with Gasteiger partial charge in [-0.1, -0.05) is 392 Å². The van der Waals surface area contributed by atoms with Crippen molar-refractivity contribution in [2.75, 3.05) is 24.5 Å². The molecule has 0 unspecified atom stereocenters. The first kappa shape index (κ1) is 88.8. The van der Waals surface area contributed by atoms with Crippen molar-refractivity contribution in [1.82, 2.24) is 4.57 Å². The molecule has 0 saturated heterocycles. The Labute approximate surface area is 828 Å². The van der Waals surface area contributed by atoms with Gasteiger partial charge in [-0.15, -0.1) is 0 Å². The average molecular weight is 1810 g/mol. The van der Waals surface area contributed by atoms with E-state index in [-0.39, 0.29) is 45.9 Å². The van der Waals surface area contributed by atoms with Crippen LogP contribution in [0.3, 0.4) is 0 Å². The molecule has 5 heterocycles. The highest BCUT2D eigenvalue weighted by molar-refractivity contribution is 7.01. The minimum absolute atomic E-state index is 0.0913. The van der Waals surface area contributed by atoms with Crippen LogP contribution in [-0.2, 0) is 32.5 Å². The lowest BCUT2D eigenvalue weighted by atomic mass is 9.33. The van der Waals surface area contributed by atoms with E-state index in [4.69, 9.17) is 0 Å². The Morgan fingerprint density at radius 3 is 0.914 bits per heavy atom. The first-order valence-electron chi connectivity index (χ1n) is 50.1. The van der Waals surface area contributed by atoms with Gasteiger partial charge in [0.25, 0.3) is 13.4 Å². The van der Waals surface area contributed by atoms with E-state index in [0.717, 1.165) is 124 Å². The number of rotatable bonds is 13. The highest BCUT2D eigenvalue weighted by Crippen LogP contribution is 2.56. The SMILES string of the molecule is CC(C)(C)c1ccc(N2c3ccccc3B3c4cc(-c5ccc(N(c6ccccc6)c6cc7c8c(c6)N(c6ccccc6-c6ccccc6)c6cc(C(C)(C)C)ccc6B8c6ccc(C(C)(C)C)cc6N7c6ccccc6-c6ccccc6)cc5)ccc4N(c4ccc(C(C)(C)C)cc4-c4ccccc4)c4cc(-n5c6ccc(C(C)(C)C)cc6c6cc(C(C)(C)C)ccc65)cc2c43)c(-c2ccccc2)c1. The lowest BCUT2D eigenvalue weighted by Gasteiger charge is -2.46. The van der Waals surface area contributed by atoms with Crippen molar-refractivity contribution in [1.29, 1.82) is 0 Å². The van der Waals surface area contributed by atoms with Crippen molar-refractivity contribution in [2.45, 2.75) is 157 Å². The van der Waals surface area contributed by atoms with E-state index in [0.29, 0.717) is 0 Å². The van der Waals surface area contributed by atoms with E-state index < -0.39 is 0 Å². The number of fused-ring (bicyclic) bond motifs is 11. The summed E-state index contributed by atoms with van der Waals surface area (Å²) < 4.78 is 2.59. The van der Waals surface area contributed by atoms with Crippen molar-refractivity contribution < 1.29 is 0 Å². The third kappa shape index (κ3) is 15.2. The van der Waals surface area contributed by atoms with E-state index in [1.165, 1.54) is 110 Å². The highest BCUT2D eigenvalue weighted by atomic mass is 15.2. The van der Waals surface area contributed by atoms with Crippen LogP contribution in [-0.4, -0.2) is 18.0 Å². The summed E-state index contributed by atoms with van der Waals surface area (Å²) in [4.78, 5) is 13.1. The van der Waals surface area contributed by atoms with Gasteiger partial charge in [0.05, 0.1) is 45.2 Å². The molecule has 0 fully saturated rings. The minimum atomic E-state index is -0.243. The lowest BCUT2D eigenvalue weighted by Crippen LogP contribution is -2.61. The van der Waals surface area contributed by atoms with Gasteiger partial charge in [-0.2, -0.15) is 0 Å². The molecule has 0 bridgehead atoms. The second-order valence-electron chi connectivity index (χ2n) is 45.4. The molecule has 23 rings (SSSR count). The largest absolute Gasteiger partial charge is 0.311 e. The van der Waals surface area contributed by atoms with Gasteiger partial charge in [0.1, 0.15) is 0 Å². The Hall–Kier alpha value is -15.1. The number of benzene rings is 18. The molecular formula is C132H120B2N6. The quantitative estimate of drug-likeness (QED) is 0.107. The van der Waals surface area contributed by atoms with Gasteiger partial charge in [0.2, 0.25) is 0 Å². The van der Waals surface area contributed by atoms with Crippen LogP contribution < -0.4 is 57.3 Å². The van der Waals surface area contributed by atoms with Crippen molar-refractivity contribution in [3.8, 4) is 61.3 Å². The van der Waals surface area contributed by atoms with Gasteiger partial charge < -0.3 is 29.1 Å². The van der Waals surface area contributed by atoms with Gasteiger partial charge in [0, 0.05) is 89.9 Å². The van der Waals surface area contributed by atoms with E-state index in [1.807, 2.05) is 0 Å². The number of para-hydroxylation sites is 4. The Bertz CT molecular complexity index is 7850. The van der Waals surface area contributed by atoms with Gasteiger partial charge in [0.15, 0.2) is 0 Å². The van der Waals surface area contributed by atoms with Crippen molar-refractivity contribution >= 4 is 153 Å². The summed E-state index contributed by atoms with van der Waals surface area (Å²) in [5, 5.41) is 2.50. The van der Waals surface area contributed by atoms with Crippen LogP contribution in [0.4, 0.5) is 85.3 Å². The summed E-state index contributed by atoms with van der Waals surface area (Å²) in [5.41, 5.74) is 46.0. The van der Waals surface area contributed by atoms with Gasteiger partial charge in [-0.25, -0.2) is 0 Å². The number of hydrogen-bond acceptors (Lipinski definition) is 5. The maximum atomic E-state index is 2.67. The summed E-state index contributed by atoms with van der Waals surface area (Å²) >= 11 is 0. The second-order valence-corrected chi connectivity index (χ2v) is 45.4. The predicted octanol–water partition coefficient (Wildman–Crippen LogP) is 32.5. The molecular weight excluding hydrogens is 1690 g/mol. The Kier molecular flexibility index (Phi) is 21.2. The third-order valence-electron chi connectivity index (χ3n) is 30.1. The second kappa shape index (κ2) is 33.3. The van der Waals surface area contributed by atoms with Crippen LogP contribution in [0.15, 0.2) is 400 Å². The molecule has 0 atom stereocenters. The molecule has 0 amide bonds. The smallest absolute Gasteiger partial charge is 0.252 e. The van der Waals surface area contributed by atoms with Crippen LogP contribution in [0.2, 0.25) is 0 Å². The van der Waals surface area contributed by atoms with Crippen LogP contribution in [0, 0.1) is 0 Å². The average Bonchev–Trinajstić information content (AvgIpc) is 0.827. The fourth-order valence-corrected chi connectivity index (χ4v) is 22.5. The Balaban J connectivity index is 0.772. The van der Waals surface area contributed by atoms with E-state index >= 15 is 0 Å². The summed E-state index contributed by atoms with van der Waals surface area (Å²) in [7, 11) is 0. The molecule has 4 aliphatic heterocycles. The summed E-state index contributed by atoms with van der Waals surface area (Å²) in [6.45, 7) is 41.8. The molecule has 18 aromatic carbocycles. The summed E-state index contributed by atoms with van der Waals surface area (Å²) in [6.07, 6.45) is 0. The summed E-state index contributed by atoms with van der Waals surface area (Å²) in [6, 6.07) is 154. The van der Waals surface area contributed by atoms with Crippen LogP contribution >= 0.6 is 0 Å². The summed E-state index contributed by atoms with van der Waals surface area (Å²) in [5.74, 6) is 0.